The molecule has 2 aromatic carbocycles. The monoisotopic (exact) mass is 355 g/mol. The maximum atomic E-state index is 12.1. The molecule has 25 heavy (non-hydrogen) atoms. The minimum atomic E-state index is -0.481. The lowest BCUT2D eigenvalue weighted by molar-refractivity contribution is 0.0500. The van der Waals surface area contributed by atoms with Gasteiger partial charge < -0.3 is 9.47 Å². The molecule has 1 heterocycles. The van der Waals surface area contributed by atoms with Crippen LogP contribution in [0.1, 0.15) is 32.1 Å². The third-order valence-corrected chi connectivity index (χ3v) is 4.72. The van der Waals surface area contributed by atoms with Gasteiger partial charge in [-0.05, 0) is 36.8 Å². The predicted molar refractivity (Wildman–Crippen MR) is 96.0 cm³/mol. The molecule has 0 amide bonds. The summed E-state index contributed by atoms with van der Waals surface area (Å²) in [5.74, 6) is -0.930. The van der Waals surface area contributed by atoms with E-state index in [4.69, 9.17) is 4.74 Å². The molecule has 0 radical (unpaired) electrons. The lowest BCUT2D eigenvalue weighted by atomic mass is 10.1. The van der Waals surface area contributed by atoms with Crippen molar-refractivity contribution in [1.29, 1.82) is 0 Å². The van der Waals surface area contributed by atoms with E-state index in [1.54, 1.807) is 29.5 Å². The van der Waals surface area contributed by atoms with Crippen molar-refractivity contribution < 1.29 is 19.1 Å². The topological polar surface area (TPSA) is 65.5 Å². The van der Waals surface area contributed by atoms with E-state index in [0.717, 1.165) is 21.6 Å². The summed E-state index contributed by atoms with van der Waals surface area (Å²) in [6.45, 7) is 0.303. The van der Waals surface area contributed by atoms with Crippen LogP contribution in [-0.2, 0) is 15.9 Å². The molecular formula is C19H17NO4S. The molecule has 0 N–H and O–H groups in total. The molecule has 0 saturated carbocycles. The SMILES string of the molecule is COC(=O)c1cccc(C(=O)OCCCc2nc3ccccc3s2)c1. The first-order chi connectivity index (χ1) is 12.2. The summed E-state index contributed by atoms with van der Waals surface area (Å²) in [7, 11) is 1.30. The lowest BCUT2D eigenvalue weighted by Gasteiger charge is -2.05. The van der Waals surface area contributed by atoms with E-state index >= 15 is 0 Å². The Bertz CT molecular complexity index is 870. The predicted octanol–water partition coefficient (Wildman–Crippen LogP) is 3.87. The molecule has 0 spiro atoms. The maximum absolute atomic E-state index is 12.1. The number of thiazole rings is 1. The van der Waals surface area contributed by atoms with Crippen LogP contribution in [-0.4, -0.2) is 30.6 Å². The number of fused-ring (bicyclic) bond motifs is 1. The van der Waals surface area contributed by atoms with Crippen LogP contribution in [0.4, 0.5) is 0 Å². The zero-order chi connectivity index (χ0) is 17.6. The van der Waals surface area contributed by atoms with Gasteiger partial charge in [-0.15, -0.1) is 11.3 Å². The molecule has 6 heteroatoms. The Hall–Kier alpha value is -2.73. The molecule has 3 rings (SSSR count). The van der Waals surface area contributed by atoms with Crippen molar-refractivity contribution in [3.05, 3.63) is 64.7 Å². The van der Waals surface area contributed by atoms with Crippen LogP contribution in [0.3, 0.4) is 0 Å². The number of aryl methyl sites for hydroxylation is 1. The lowest BCUT2D eigenvalue weighted by Crippen LogP contribution is -2.09. The molecule has 0 aliphatic heterocycles. The number of hydrogen-bond acceptors (Lipinski definition) is 6. The highest BCUT2D eigenvalue weighted by Crippen LogP contribution is 2.22. The largest absolute Gasteiger partial charge is 0.465 e. The molecule has 128 valence electrons. The van der Waals surface area contributed by atoms with Crippen molar-refractivity contribution in [1.82, 2.24) is 4.98 Å². The molecule has 0 fully saturated rings. The number of benzene rings is 2. The zero-order valence-electron chi connectivity index (χ0n) is 13.7. The highest BCUT2D eigenvalue weighted by Gasteiger charge is 2.12. The van der Waals surface area contributed by atoms with Crippen molar-refractivity contribution >= 4 is 33.5 Å². The number of carbonyl (C=O) groups excluding carboxylic acids is 2. The Morgan fingerprint density at radius 2 is 1.80 bits per heavy atom. The van der Waals surface area contributed by atoms with Gasteiger partial charge in [0.1, 0.15) is 0 Å². The minimum Gasteiger partial charge on any atom is -0.465 e. The summed E-state index contributed by atoms with van der Waals surface area (Å²) < 4.78 is 11.1. The van der Waals surface area contributed by atoms with Gasteiger partial charge in [0, 0.05) is 6.42 Å². The Labute approximate surface area is 149 Å². The molecule has 0 unspecified atom stereocenters. The smallest absolute Gasteiger partial charge is 0.338 e. The summed E-state index contributed by atoms with van der Waals surface area (Å²) in [4.78, 5) is 28.1. The number of aromatic nitrogens is 1. The Morgan fingerprint density at radius 3 is 2.56 bits per heavy atom. The van der Waals surface area contributed by atoms with Crippen molar-refractivity contribution in [3.8, 4) is 0 Å². The molecule has 0 saturated heterocycles. The molecule has 0 bridgehead atoms. The first-order valence-electron chi connectivity index (χ1n) is 7.87. The van der Waals surface area contributed by atoms with Gasteiger partial charge in [0.2, 0.25) is 0 Å². The van der Waals surface area contributed by atoms with Crippen molar-refractivity contribution in [3.63, 3.8) is 0 Å². The summed E-state index contributed by atoms with van der Waals surface area (Å²) in [5.41, 5.74) is 1.66. The van der Waals surface area contributed by atoms with Crippen LogP contribution in [0.2, 0.25) is 0 Å². The zero-order valence-corrected chi connectivity index (χ0v) is 14.5. The summed E-state index contributed by atoms with van der Waals surface area (Å²) in [6.07, 6.45) is 1.46. The normalized spacial score (nSPS) is 10.6. The van der Waals surface area contributed by atoms with E-state index in [1.807, 2.05) is 24.3 Å². The fraction of sp³-hybridized carbons (Fsp3) is 0.211. The van der Waals surface area contributed by atoms with Gasteiger partial charge in [0.05, 0.1) is 40.1 Å². The van der Waals surface area contributed by atoms with E-state index in [2.05, 4.69) is 9.72 Å². The van der Waals surface area contributed by atoms with E-state index in [-0.39, 0.29) is 0 Å². The molecule has 0 atom stereocenters. The van der Waals surface area contributed by atoms with Gasteiger partial charge in [-0.3, -0.25) is 0 Å². The van der Waals surface area contributed by atoms with E-state index in [1.165, 1.54) is 13.2 Å². The maximum Gasteiger partial charge on any atom is 0.338 e. The average Bonchev–Trinajstić information content (AvgIpc) is 3.07. The summed E-state index contributed by atoms with van der Waals surface area (Å²) in [6, 6.07) is 14.3. The van der Waals surface area contributed by atoms with Crippen LogP contribution in [0.25, 0.3) is 10.2 Å². The van der Waals surface area contributed by atoms with Crippen LogP contribution in [0.5, 0.6) is 0 Å². The number of ether oxygens (including phenoxy) is 2. The molecule has 0 aliphatic carbocycles. The van der Waals surface area contributed by atoms with Crippen molar-refractivity contribution in [2.24, 2.45) is 0 Å². The highest BCUT2D eigenvalue weighted by atomic mass is 32.1. The van der Waals surface area contributed by atoms with Gasteiger partial charge in [0.15, 0.2) is 0 Å². The number of esters is 2. The van der Waals surface area contributed by atoms with Gasteiger partial charge in [0.25, 0.3) is 0 Å². The molecule has 0 aliphatic rings. The van der Waals surface area contributed by atoms with E-state index in [0.29, 0.717) is 24.2 Å². The van der Waals surface area contributed by atoms with Crippen LogP contribution in [0, 0.1) is 0 Å². The standard InChI is InChI=1S/C19H17NO4S/c1-23-18(21)13-6-4-7-14(12-13)19(22)24-11-5-10-17-20-15-8-2-3-9-16(15)25-17/h2-4,6-9,12H,5,10-11H2,1H3. The number of rotatable bonds is 6. The molecular weight excluding hydrogens is 338 g/mol. The second kappa shape index (κ2) is 7.90. The van der Waals surface area contributed by atoms with Gasteiger partial charge in [-0.1, -0.05) is 18.2 Å². The summed E-state index contributed by atoms with van der Waals surface area (Å²) in [5, 5.41) is 1.03. The minimum absolute atomic E-state index is 0.303. The van der Waals surface area contributed by atoms with Gasteiger partial charge in [-0.2, -0.15) is 0 Å². The van der Waals surface area contributed by atoms with E-state index in [9.17, 15) is 9.59 Å². The number of nitrogens with zero attached hydrogens (tertiary/aromatic N) is 1. The van der Waals surface area contributed by atoms with Gasteiger partial charge in [-0.25, -0.2) is 14.6 Å². The number of methoxy groups -OCH3 is 1. The first-order valence-corrected chi connectivity index (χ1v) is 8.69. The van der Waals surface area contributed by atoms with Crippen LogP contribution >= 0.6 is 11.3 Å². The number of carbonyl (C=O) groups is 2. The average molecular weight is 355 g/mol. The third-order valence-electron chi connectivity index (χ3n) is 3.63. The third kappa shape index (κ3) is 4.22. The molecule has 3 aromatic rings. The molecule has 5 nitrogen and oxygen atoms in total. The van der Waals surface area contributed by atoms with E-state index < -0.39 is 11.9 Å². The second-order valence-electron chi connectivity index (χ2n) is 5.39. The highest BCUT2D eigenvalue weighted by molar-refractivity contribution is 7.18. The Morgan fingerprint density at radius 1 is 1.04 bits per heavy atom. The quantitative estimate of drug-likeness (QED) is 0.496. The van der Waals surface area contributed by atoms with Crippen molar-refractivity contribution in [2.45, 2.75) is 12.8 Å². The van der Waals surface area contributed by atoms with Crippen LogP contribution in [0.15, 0.2) is 48.5 Å². The van der Waals surface area contributed by atoms with Gasteiger partial charge >= 0.3 is 11.9 Å². The summed E-state index contributed by atoms with van der Waals surface area (Å²) >= 11 is 1.66. The Kier molecular flexibility index (Phi) is 5.40. The first kappa shape index (κ1) is 17.1. The Balaban J connectivity index is 1.51. The second-order valence-corrected chi connectivity index (χ2v) is 6.50. The molecule has 1 aromatic heterocycles. The van der Waals surface area contributed by atoms with Crippen molar-refractivity contribution in [2.75, 3.05) is 13.7 Å². The number of hydrogen-bond donors (Lipinski definition) is 0. The van der Waals surface area contributed by atoms with Crippen LogP contribution < -0.4 is 0 Å². The fourth-order valence-electron chi connectivity index (χ4n) is 2.39. The number of para-hydroxylation sites is 1. The fourth-order valence-corrected chi connectivity index (χ4v) is 3.40.